The maximum absolute atomic E-state index is 11.9. The Morgan fingerprint density at radius 1 is 1.44 bits per heavy atom. The third-order valence-electron chi connectivity index (χ3n) is 2.10. The van der Waals surface area contributed by atoms with Gasteiger partial charge in [0, 0.05) is 5.39 Å². The van der Waals surface area contributed by atoms with E-state index in [-0.39, 0.29) is 5.69 Å². The number of halogens is 2. The largest absolute Gasteiger partial charge is 0.345 e. The van der Waals surface area contributed by atoms with Crippen molar-refractivity contribution in [3.8, 4) is 0 Å². The quantitative estimate of drug-likeness (QED) is 0.832. The van der Waals surface area contributed by atoms with Crippen molar-refractivity contribution in [2.24, 2.45) is 0 Å². The first-order chi connectivity index (χ1) is 7.68. The molecule has 2 aromatic rings. The Morgan fingerprint density at radius 2 is 2.19 bits per heavy atom. The molecule has 6 heteroatoms. The number of aromatic amines is 1. The van der Waals surface area contributed by atoms with Gasteiger partial charge in [0.2, 0.25) is 0 Å². The number of aromatic nitrogens is 2. The van der Waals surface area contributed by atoms with E-state index in [0.717, 1.165) is 0 Å². The lowest BCUT2D eigenvalue weighted by atomic mass is 10.2. The molecular formula is C10H9F2N3O. The first-order valence-corrected chi connectivity index (χ1v) is 4.68. The van der Waals surface area contributed by atoms with E-state index in [1.165, 1.54) is 0 Å². The predicted octanol–water partition coefficient (Wildman–Crippen LogP) is 1.56. The van der Waals surface area contributed by atoms with E-state index in [1.54, 1.807) is 24.3 Å². The minimum atomic E-state index is -2.56. The smallest absolute Gasteiger partial charge is 0.272 e. The third-order valence-corrected chi connectivity index (χ3v) is 2.10. The van der Waals surface area contributed by atoms with Crippen LogP contribution in [0.5, 0.6) is 0 Å². The molecule has 1 heterocycles. The normalized spacial score (nSPS) is 10.9. The van der Waals surface area contributed by atoms with E-state index in [0.29, 0.717) is 10.9 Å². The molecule has 0 aliphatic rings. The molecule has 1 aromatic heterocycles. The van der Waals surface area contributed by atoms with Crippen molar-refractivity contribution in [1.29, 1.82) is 0 Å². The Morgan fingerprint density at radius 3 is 2.94 bits per heavy atom. The number of amides is 1. The molecular weight excluding hydrogens is 216 g/mol. The van der Waals surface area contributed by atoms with Crippen LogP contribution in [0.1, 0.15) is 10.5 Å². The molecule has 0 bridgehead atoms. The van der Waals surface area contributed by atoms with Crippen molar-refractivity contribution < 1.29 is 13.6 Å². The zero-order valence-corrected chi connectivity index (χ0v) is 8.21. The van der Waals surface area contributed by atoms with Gasteiger partial charge in [-0.1, -0.05) is 18.2 Å². The summed E-state index contributed by atoms with van der Waals surface area (Å²) in [5.41, 5.74) is 0.834. The minimum Gasteiger partial charge on any atom is -0.345 e. The number of hydrogen-bond acceptors (Lipinski definition) is 2. The zero-order chi connectivity index (χ0) is 11.5. The zero-order valence-electron chi connectivity index (χ0n) is 8.21. The highest BCUT2D eigenvalue weighted by atomic mass is 19.3. The van der Waals surface area contributed by atoms with E-state index in [4.69, 9.17) is 0 Å². The van der Waals surface area contributed by atoms with Crippen LogP contribution >= 0.6 is 0 Å². The molecule has 16 heavy (non-hydrogen) atoms. The number of fused-ring (bicyclic) bond motifs is 1. The van der Waals surface area contributed by atoms with Crippen molar-refractivity contribution in [3.63, 3.8) is 0 Å². The first-order valence-electron chi connectivity index (χ1n) is 4.68. The van der Waals surface area contributed by atoms with E-state index >= 15 is 0 Å². The van der Waals surface area contributed by atoms with E-state index < -0.39 is 18.9 Å². The van der Waals surface area contributed by atoms with Crippen molar-refractivity contribution in [2.75, 3.05) is 6.54 Å². The second kappa shape index (κ2) is 4.26. The summed E-state index contributed by atoms with van der Waals surface area (Å²) in [6.07, 6.45) is -2.56. The fourth-order valence-electron chi connectivity index (χ4n) is 1.39. The topological polar surface area (TPSA) is 57.8 Å². The van der Waals surface area contributed by atoms with E-state index in [1.807, 2.05) is 0 Å². The van der Waals surface area contributed by atoms with E-state index in [9.17, 15) is 13.6 Å². The fraction of sp³-hybridized carbons (Fsp3) is 0.200. The lowest BCUT2D eigenvalue weighted by Gasteiger charge is -2.01. The molecule has 0 fully saturated rings. The summed E-state index contributed by atoms with van der Waals surface area (Å²) < 4.78 is 23.8. The van der Waals surface area contributed by atoms with Crippen LogP contribution in [-0.2, 0) is 0 Å². The molecule has 0 aliphatic carbocycles. The molecule has 2 N–H and O–H groups in total. The Kier molecular flexibility index (Phi) is 2.80. The van der Waals surface area contributed by atoms with Crippen molar-refractivity contribution in [3.05, 3.63) is 30.0 Å². The van der Waals surface area contributed by atoms with Gasteiger partial charge < -0.3 is 5.32 Å². The molecule has 84 valence electrons. The summed E-state index contributed by atoms with van der Waals surface area (Å²) >= 11 is 0. The molecule has 1 aromatic carbocycles. The monoisotopic (exact) mass is 225 g/mol. The van der Waals surface area contributed by atoms with Crippen LogP contribution in [0.15, 0.2) is 24.3 Å². The summed E-state index contributed by atoms with van der Waals surface area (Å²) in [5, 5.41) is 9.17. The SMILES string of the molecule is O=C(NCC(F)F)c1n[nH]c2ccccc12. The van der Waals surface area contributed by atoms with Gasteiger partial charge in [0.15, 0.2) is 5.69 Å². The second-order valence-corrected chi connectivity index (χ2v) is 3.22. The van der Waals surface area contributed by atoms with Crippen molar-refractivity contribution >= 4 is 16.8 Å². The number of carbonyl (C=O) groups excluding carboxylic acids is 1. The molecule has 0 saturated heterocycles. The molecule has 0 atom stereocenters. The van der Waals surface area contributed by atoms with Gasteiger partial charge >= 0.3 is 0 Å². The standard InChI is InChI=1S/C10H9F2N3O/c11-8(12)5-13-10(16)9-6-3-1-2-4-7(6)14-15-9/h1-4,8H,5H2,(H,13,16)(H,14,15). The Bertz CT molecular complexity index is 509. The summed E-state index contributed by atoms with van der Waals surface area (Å²) in [5.74, 6) is -0.599. The van der Waals surface area contributed by atoms with Crippen LogP contribution in [0.4, 0.5) is 8.78 Å². The van der Waals surface area contributed by atoms with Gasteiger partial charge in [0.1, 0.15) is 0 Å². The lowest BCUT2D eigenvalue weighted by Crippen LogP contribution is -2.28. The van der Waals surface area contributed by atoms with Crippen LogP contribution in [-0.4, -0.2) is 29.1 Å². The number of alkyl halides is 2. The summed E-state index contributed by atoms with van der Waals surface area (Å²) in [4.78, 5) is 11.5. The van der Waals surface area contributed by atoms with Gasteiger partial charge in [-0.15, -0.1) is 0 Å². The molecule has 0 radical (unpaired) electrons. The predicted molar refractivity (Wildman–Crippen MR) is 54.4 cm³/mol. The number of benzene rings is 1. The second-order valence-electron chi connectivity index (χ2n) is 3.22. The number of carbonyl (C=O) groups is 1. The third kappa shape index (κ3) is 2.00. The molecule has 0 spiro atoms. The Labute approximate surface area is 89.6 Å². The number of nitrogens with zero attached hydrogens (tertiary/aromatic N) is 1. The van der Waals surface area contributed by atoms with Crippen LogP contribution in [0.25, 0.3) is 10.9 Å². The van der Waals surface area contributed by atoms with Gasteiger partial charge in [0.05, 0.1) is 12.1 Å². The number of rotatable bonds is 3. The van der Waals surface area contributed by atoms with Crippen molar-refractivity contribution in [1.82, 2.24) is 15.5 Å². The van der Waals surface area contributed by atoms with Gasteiger partial charge in [0.25, 0.3) is 12.3 Å². The lowest BCUT2D eigenvalue weighted by molar-refractivity contribution is 0.0888. The average Bonchev–Trinajstić information content (AvgIpc) is 2.69. The van der Waals surface area contributed by atoms with Gasteiger partial charge in [-0.25, -0.2) is 8.78 Å². The Hall–Kier alpha value is -1.98. The fourth-order valence-corrected chi connectivity index (χ4v) is 1.39. The van der Waals surface area contributed by atoms with Crippen LogP contribution in [0.3, 0.4) is 0 Å². The highest BCUT2D eigenvalue weighted by Crippen LogP contribution is 2.14. The molecule has 4 nitrogen and oxygen atoms in total. The maximum atomic E-state index is 11.9. The molecule has 1 amide bonds. The molecule has 0 saturated carbocycles. The van der Waals surface area contributed by atoms with Gasteiger partial charge in [-0.3, -0.25) is 9.89 Å². The van der Waals surface area contributed by atoms with Crippen LogP contribution in [0, 0.1) is 0 Å². The molecule has 2 rings (SSSR count). The van der Waals surface area contributed by atoms with Gasteiger partial charge in [-0.05, 0) is 6.07 Å². The maximum Gasteiger partial charge on any atom is 0.272 e. The minimum absolute atomic E-state index is 0.135. The number of hydrogen-bond donors (Lipinski definition) is 2. The Balaban J connectivity index is 2.23. The number of para-hydroxylation sites is 1. The van der Waals surface area contributed by atoms with Crippen molar-refractivity contribution in [2.45, 2.75) is 6.43 Å². The van der Waals surface area contributed by atoms with Crippen LogP contribution < -0.4 is 5.32 Å². The molecule has 0 aliphatic heterocycles. The summed E-state index contributed by atoms with van der Waals surface area (Å²) in [7, 11) is 0. The first kappa shape index (κ1) is 10.5. The summed E-state index contributed by atoms with van der Waals surface area (Å²) in [6, 6.07) is 7.01. The highest BCUT2D eigenvalue weighted by molar-refractivity contribution is 6.04. The van der Waals surface area contributed by atoms with Crippen LogP contribution in [0.2, 0.25) is 0 Å². The molecule has 0 unspecified atom stereocenters. The highest BCUT2D eigenvalue weighted by Gasteiger charge is 2.14. The van der Waals surface area contributed by atoms with Gasteiger partial charge in [-0.2, -0.15) is 5.10 Å². The summed E-state index contributed by atoms with van der Waals surface area (Å²) in [6.45, 7) is -0.667. The number of nitrogens with one attached hydrogen (secondary N) is 2. The van der Waals surface area contributed by atoms with E-state index in [2.05, 4.69) is 15.5 Å². The average molecular weight is 225 g/mol. The number of H-pyrrole nitrogens is 1.